The van der Waals surface area contributed by atoms with E-state index in [1.807, 2.05) is 38.1 Å². The van der Waals surface area contributed by atoms with E-state index in [0.29, 0.717) is 30.8 Å². The number of benzene rings is 1. The predicted molar refractivity (Wildman–Crippen MR) is 92.5 cm³/mol. The third kappa shape index (κ3) is 2.98. The molecule has 1 N–H and O–H groups in total. The van der Waals surface area contributed by atoms with Crippen LogP contribution in [-0.4, -0.2) is 15.0 Å². The van der Waals surface area contributed by atoms with Crippen LogP contribution < -0.4 is 16.6 Å². The zero-order valence-corrected chi connectivity index (χ0v) is 14.1. The third-order valence-corrected chi connectivity index (χ3v) is 4.41. The van der Waals surface area contributed by atoms with Crippen molar-refractivity contribution in [3.05, 3.63) is 61.4 Å². The van der Waals surface area contributed by atoms with Gasteiger partial charge in [0.2, 0.25) is 5.91 Å². The Morgan fingerprint density at radius 3 is 2.80 bits per heavy atom. The normalized spacial score (nSPS) is 12.5. The van der Waals surface area contributed by atoms with Gasteiger partial charge in [0.25, 0.3) is 5.56 Å². The van der Waals surface area contributed by atoms with E-state index >= 15 is 0 Å². The van der Waals surface area contributed by atoms with E-state index in [2.05, 4.69) is 5.32 Å². The maximum atomic E-state index is 12.5. The molecule has 0 aliphatic carbocycles. The standard InChI is InChI=1S/C18H18N4O3/c1-11-5-6-12(2)14(8-11)20-16(23)10-22-17(24)13(9-19)15-4-3-7-21(15)18(22)25/h5-6,8H,3-4,7,10H2,1-2H3,(H,20,23). The predicted octanol–water partition coefficient (Wildman–Crippen LogP) is 1.08. The largest absolute Gasteiger partial charge is 0.331 e. The summed E-state index contributed by atoms with van der Waals surface area (Å²) in [6.07, 6.45) is 1.24. The first-order valence-corrected chi connectivity index (χ1v) is 8.06. The second-order valence-corrected chi connectivity index (χ2v) is 6.23. The highest BCUT2D eigenvalue weighted by Gasteiger charge is 2.23. The van der Waals surface area contributed by atoms with Crippen LogP contribution in [0.25, 0.3) is 0 Å². The number of aryl methyl sites for hydroxylation is 2. The van der Waals surface area contributed by atoms with Crippen molar-refractivity contribution in [1.82, 2.24) is 9.13 Å². The summed E-state index contributed by atoms with van der Waals surface area (Å²) in [4.78, 5) is 37.3. The van der Waals surface area contributed by atoms with Crippen LogP contribution in [0.5, 0.6) is 0 Å². The van der Waals surface area contributed by atoms with Gasteiger partial charge in [-0.15, -0.1) is 0 Å². The number of anilines is 1. The van der Waals surface area contributed by atoms with Gasteiger partial charge in [0.05, 0.1) is 0 Å². The molecular formula is C18H18N4O3. The summed E-state index contributed by atoms with van der Waals surface area (Å²) in [7, 11) is 0. The van der Waals surface area contributed by atoms with Gasteiger partial charge in [0.1, 0.15) is 18.2 Å². The van der Waals surface area contributed by atoms with Crippen molar-refractivity contribution in [2.75, 3.05) is 5.32 Å². The number of nitrogens with one attached hydrogen (secondary N) is 1. The lowest BCUT2D eigenvalue weighted by Gasteiger charge is -2.12. The minimum atomic E-state index is -0.697. The van der Waals surface area contributed by atoms with Crippen LogP contribution in [0, 0.1) is 25.2 Å². The van der Waals surface area contributed by atoms with Crippen LogP contribution in [0.3, 0.4) is 0 Å². The molecule has 0 fully saturated rings. The number of fused-ring (bicyclic) bond motifs is 1. The summed E-state index contributed by atoms with van der Waals surface area (Å²) in [6, 6.07) is 7.52. The molecule has 0 saturated carbocycles. The fourth-order valence-corrected chi connectivity index (χ4v) is 3.09. The molecule has 2 heterocycles. The zero-order valence-electron chi connectivity index (χ0n) is 14.1. The molecule has 7 nitrogen and oxygen atoms in total. The van der Waals surface area contributed by atoms with Crippen molar-refractivity contribution in [3.8, 4) is 6.07 Å². The first kappa shape index (κ1) is 16.7. The molecule has 25 heavy (non-hydrogen) atoms. The molecule has 1 amide bonds. The summed E-state index contributed by atoms with van der Waals surface area (Å²) >= 11 is 0. The maximum absolute atomic E-state index is 12.5. The molecule has 0 spiro atoms. The number of hydrogen-bond donors (Lipinski definition) is 1. The molecule has 0 radical (unpaired) electrons. The fourth-order valence-electron chi connectivity index (χ4n) is 3.09. The second kappa shape index (κ2) is 6.40. The van der Waals surface area contributed by atoms with Crippen LogP contribution in [0.4, 0.5) is 5.69 Å². The average Bonchev–Trinajstić information content (AvgIpc) is 3.05. The van der Waals surface area contributed by atoms with Gasteiger partial charge in [-0.1, -0.05) is 12.1 Å². The number of carbonyl (C=O) groups is 1. The Labute approximate surface area is 144 Å². The zero-order chi connectivity index (χ0) is 18.1. The molecule has 0 atom stereocenters. The van der Waals surface area contributed by atoms with Crippen LogP contribution in [0.1, 0.15) is 28.8 Å². The topological polar surface area (TPSA) is 96.9 Å². The van der Waals surface area contributed by atoms with Crippen molar-refractivity contribution in [2.45, 2.75) is 39.8 Å². The van der Waals surface area contributed by atoms with Crippen LogP contribution in [0.15, 0.2) is 27.8 Å². The molecule has 1 aliphatic heterocycles. The van der Waals surface area contributed by atoms with E-state index in [-0.39, 0.29) is 5.56 Å². The monoisotopic (exact) mass is 338 g/mol. The molecule has 7 heteroatoms. The number of nitrogens with zero attached hydrogens (tertiary/aromatic N) is 3. The number of hydrogen-bond acceptors (Lipinski definition) is 4. The fraction of sp³-hybridized carbons (Fsp3) is 0.333. The summed E-state index contributed by atoms with van der Waals surface area (Å²) in [5.74, 6) is -0.477. The van der Waals surface area contributed by atoms with Crippen molar-refractivity contribution in [1.29, 1.82) is 5.26 Å². The SMILES string of the molecule is Cc1ccc(C)c(NC(=O)Cn2c(=O)c(C#N)c3n(c2=O)CCC3)c1. The minimum Gasteiger partial charge on any atom is -0.324 e. The summed E-state index contributed by atoms with van der Waals surface area (Å²) in [6.45, 7) is 3.81. The Morgan fingerprint density at radius 2 is 2.08 bits per heavy atom. The van der Waals surface area contributed by atoms with Gasteiger partial charge in [-0.25, -0.2) is 9.36 Å². The van der Waals surface area contributed by atoms with E-state index in [4.69, 9.17) is 0 Å². The van der Waals surface area contributed by atoms with E-state index in [1.165, 1.54) is 4.57 Å². The van der Waals surface area contributed by atoms with E-state index in [1.54, 1.807) is 0 Å². The molecule has 1 aromatic carbocycles. The quantitative estimate of drug-likeness (QED) is 0.906. The van der Waals surface area contributed by atoms with E-state index in [0.717, 1.165) is 15.7 Å². The lowest BCUT2D eigenvalue weighted by Crippen LogP contribution is -2.44. The van der Waals surface area contributed by atoms with Gasteiger partial charge >= 0.3 is 5.69 Å². The average molecular weight is 338 g/mol. The van der Waals surface area contributed by atoms with Crippen molar-refractivity contribution in [3.63, 3.8) is 0 Å². The highest BCUT2D eigenvalue weighted by Crippen LogP contribution is 2.16. The summed E-state index contributed by atoms with van der Waals surface area (Å²) < 4.78 is 2.26. The number of amides is 1. The Balaban J connectivity index is 1.95. The number of nitriles is 1. The van der Waals surface area contributed by atoms with Crippen molar-refractivity contribution < 1.29 is 4.79 Å². The highest BCUT2D eigenvalue weighted by molar-refractivity contribution is 5.91. The van der Waals surface area contributed by atoms with Crippen molar-refractivity contribution in [2.24, 2.45) is 0 Å². The molecule has 0 unspecified atom stereocenters. The van der Waals surface area contributed by atoms with Gasteiger partial charge in [0, 0.05) is 17.9 Å². The molecular weight excluding hydrogens is 320 g/mol. The Bertz CT molecular complexity index is 1020. The Kier molecular flexibility index (Phi) is 4.28. The van der Waals surface area contributed by atoms with E-state index in [9.17, 15) is 19.6 Å². The lowest BCUT2D eigenvalue weighted by atomic mass is 10.1. The summed E-state index contributed by atoms with van der Waals surface area (Å²) in [5.41, 5.74) is 1.71. The number of aromatic nitrogens is 2. The molecule has 3 rings (SSSR count). The van der Waals surface area contributed by atoms with Crippen molar-refractivity contribution >= 4 is 11.6 Å². The Hall–Kier alpha value is -3.14. The molecule has 1 aromatic heterocycles. The van der Waals surface area contributed by atoms with Gasteiger partial charge in [0.15, 0.2) is 0 Å². The van der Waals surface area contributed by atoms with Crippen LogP contribution in [-0.2, 0) is 24.3 Å². The van der Waals surface area contributed by atoms with Gasteiger partial charge < -0.3 is 5.32 Å². The molecule has 1 aliphatic rings. The highest BCUT2D eigenvalue weighted by atomic mass is 16.2. The second-order valence-electron chi connectivity index (χ2n) is 6.23. The smallest absolute Gasteiger partial charge is 0.324 e. The first-order chi connectivity index (χ1) is 11.9. The maximum Gasteiger partial charge on any atom is 0.331 e. The molecule has 128 valence electrons. The van der Waals surface area contributed by atoms with Gasteiger partial charge in [-0.05, 0) is 43.9 Å². The lowest BCUT2D eigenvalue weighted by molar-refractivity contribution is -0.116. The number of carbonyl (C=O) groups excluding carboxylic acids is 1. The van der Waals surface area contributed by atoms with Crippen LogP contribution in [0.2, 0.25) is 0 Å². The molecule has 0 bridgehead atoms. The molecule has 0 saturated heterocycles. The van der Waals surface area contributed by atoms with Crippen LogP contribution >= 0.6 is 0 Å². The summed E-state index contributed by atoms with van der Waals surface area (Å²) in [5, 5.41) is 12.0. The first-order valence-electron chi connectivity index (χ1n) is 8.06. The third-order valence-electron chi connectivity index (χ3n) is 4.41. The molecule has 2 aromatic rings. The van der Waals surface area contributed by atoms with E-state index < -0.39 is 23.7 Å². The minimum absolute atomic E-state index is 0.0448. The van der Waals surface area contributed by atoms with Gasteiger partial charge in [-0.3, -0.25) is 14.2 Å². The van der Waals surface area contributed by atoms with Gasteiger partial charge in [-0.2, -0.15) is 5.26 Å². The number of rotatable bonds is 3. The Morgan fingerprint density at radius 1 is 1.32 bits per heavy atom.